The number of hydrogen-bond donors (Lipinski definition) is 0. The van der Waals surface area contributed by atoms with E-state index in [0.29, 0.717) is 11.8 Å². The van der Waals surface area contributed by atoms with Gasteiger partial charge in [0.15, 0.2) is 5.78 Å². The molecular formula is C10H7BrO2. The Morgan fingerprint density at radius 1 is 1.38 bits per heavy atom. The van der Waals surface area contributed by atoms with Crippen LogP contribution < -0.4 is 0 Å². The van der Waals surface area contributed by atoms with Crippen molar-refractivity contribution in [3.8, 4) is 0 Å². The van der Waals surface area contributed by atoms with Crippen molar-refractivity contribution in [1.82, 2.24) is 0 Å². The molecule has 1 aromatic carbocycles. The maximum absolute atomic E-state index is 11.3. The van der Waals surface area contributed by atoms with E-state index < -0.39 is 0 Å². The van der Waals surface area contributed by atoms with E-state index in [9.17, 15) is 9.59 Å². The highest BCUT2D eigenvalue weighted by atomic mass is 79.9. The maximum atomic E-state index is 11.3. The normalized spacial score (nSPS) is 10.2. The number of benzene rings is 1. The largest absolute Gasteiger partial charge is 0.299 e. The predicted molar refractivity (Wildman–Crippen MR) is 53.7 cm³/mol. The average molecular weight is 239 g/mol. The summed E-state index contributed by atoms with van der Waals surface area (Å²) in [6, 6.07) is 7.01. The van der Waals surface area contributed by atoms with Gasteiger partial charge in [-0.3, -0.25) is 9.59 Å². The molecule has 0 aliphatic rings. The third-order valence-electron chi connectivity index (χ3n) is 1.44. The molecule has 0 aliphatic carbocycles. The zero-order valence-corrected chi connectivity index (χ0v) is 8.32. The van der Waals surface area contributed by atoms with Gasteiger partial charge in [0.2, 0.25) is 0 Å². The third-order valence-corrected chi connectivity index (χ3v) is 1.93. The van der Waals surface area contributed by atoms with Gasteiger partial charge in [-0.25, -0.2) is 0 Å². The summed E-state index contributed by atoms with van der Waals surface area (Å²) in [4.78, 5) is 21.2. The van der Waals surface area contributed by atoms with Crippen LogP contribution in [0.4, 0.5) is 0 Å². The molecule has 0 unspecified atom stereocenters. The van der Waals surface area contributed by atoms with Gasteiger partial charge in [0.1, 0.15) is 6.29 Å². The summed E-state index contributed by atoms with van der Waals surface area (Å²) in [7, 11) is 0. The highest BCUT2D eigenvalue weighted by Crippen LogP contribution is 2.12. The first-order valence-corrected chi connectivity index (χ1v) is 4.45. The van der Waals surface area contributed by atoms with Crippen LogP contribution in [0, 0.1) is 0 Å². The number of halogens is 1. The van der Waals surface area contributed by atoms with Crippen LogP contribution in [0.15, 0.2) is 40.9 Å². The molecule has 13 heavy (non-hydrogen) atoms. The van der Waals surface area contributed by atoms with Gasteiger partial charge in [-0.15, -0.1) is 0 Å². The van der Waals surface area contributed by atoms with Crippen molar-refractivity contribution >= 4 is 28.0 Å². The molecule has 0 aromatic heterocycles. The molecule has 0 atom stereocenters. The Morgan fingerprint density at radius 3 is 2.77 bits per heavy atom. The fourth-order valence-electron chi connectivity index (χ4n) is 0.865. The SMILES string of the molecule is O=C/C=C/C(=O)c1cccc(Br)c1. The molecule has 0 spiro atoms. The van der Waals surface area contributed by atoms with Crippen molar-refractivity contribution in [2.45, 2.75) is 0 Å². The second-order valence-electron chi connectivity index (χ2n) is 2.37. The molecule has 0 saturated heterocycles. The van der Waals surface area contributed by atoms with Crippen molar-refractivity contribution in [2.24, 2.45) is 0 Å². The van der Waals surface area contributed by atoms with Crippen LogP contribution in [0.3, 0.4) is 0 Å². The Balaban J connectivity index is 2.89. The Kier molecular flexibility index (Phi) is 3.58. The zero-order chi connectivity index (χ0) is 9.68. The van der Waals surface area contributed by atoms with E-state index in [1.165, 1.54) is 12.2 Å². The van der Waals surface area contributed by atoms with Gasteiger partial charge in [0.05, 0.1) is 0 Å². The van der Waals surface area contributed by atoms with Gasteiger partial charge in [0.25, 0.3) is 0 Å². The lowest BCUT2D eigenvalue weighted by Crippen LogP contribution is -1.93. The summed E-state index contributed by atoms with van der Waals surface area (Å²) < 4.78 is 0.845. The summed E-state index contributed by atoms with van der Waals surface area (Å²) >= 11 is 3.25. The molecule has 3 heteroatoms. The highest BCUT2D eigenvalue weighted by molar-refractivity contribution is 9.10. The first-order valence-electron chi connectivity index (χ1n) is 3.66. The number of allylic oxidation sites excluding steroid dienone is 2. The summed E-state index contributed by atoms with van der Waals surface area (Å²) in [6.45, 7) is 0. The van der Waals surface area contributed by atoms with E-state index in [2.05, 4.69) is 15.9 Å². The predicted octanol–water partition coefficient (Wildman–Crippen LogP) is 2.39. The molecule has 0 amide bonds. The van der Waals surface area contributed by atoms with E-state index in [-0.39, 0.29) is 5.78 Å². The van der Waals surface area contributed by atoms with Crippen LogP contribution in [0.1, 0.15) is 10.4 Å². The van der Waals surface area contributed by atoms with Gasteiger partial charge in [-0.2, -0.15) is 0 Å². The number of aldehydes is 1. The average Bonchev–Trinajstić information content (AvgIpc) is 2.14. The number of carbonyl (C=O) groups excluding carboxylic acids is 2. The lowest BCUT2D eigenvalue weighted by atomic mass is 10.1. The van der Waals surface area contributed by atoms with Crippen LogP contribution in [-0.4, -0.2) is 12.1 Å². The second kappa shape index (κ2) is 4.72. The summed E-state index contributed by atoms with van der Waals surface area (Å²) in [5.41, 5.74) is 0.562. The highest BCUT2D eigenvalue weighted by Gasteiger charge is 2.00. The molecule has 2 nitrogen and oxygen atoms in total. The Bertz CT molecular complexity index is 356. The lowest BCUT2D eigenvalue weighted by molar-refractivity contribution is -0.104. The fourth-order valence-corrected chi connectivity index (χ4v) is 1.26. The van der Waals surface area contributed by atoms with Crippen LogP contribution in [0.5, 0.6) is 0 Å². The molecule has 0 heterocycles. The first-order chi connectivity index (χ1) is 6.24. The molecule has 0 fully saturated rings. The molecule has 0 bridgehead atoms. The van der Waals surface area contributed by atoms with E-state index >= 15 is 0 Å². The molecule has 0 saturated carbocycles. The summed E-state index contributed by atoms with van der Waals surface area (Å²) in [5, 5.41) is 0. The first kappa shape index (κ1) is 9.86. The molecule has 0 radical (unpaired) electrons. The third kappa shape index (κ3) is 2.95. The minimum absolute atomic E-state index is 0.173. The topological polar surface area (TPSA) is 34.1 Å². The molecular weight excluding hydrogens is 232 g/mol. The van der Waals surface area contributed by atoms with Crippen molar-refractivity contribution in [3.05, 3.63) is 46.5 Å². The minimum atomic E-state index is -0.173. The van der Waals surface area contributed by atoms with Gasteiger partial charge in [-0.05, 0) is 24.3 Å². The number of rotatable bonds is 3. The quantitative estimate of drug-likeness (QED) is 0.461. The van der Waals surface area contributed by atoms with Gasteiger partial charge in [0, 0.05) is 10.0 Å². The van der Waals surface area contributed by atoms with E-state index in [1.54, 1.807) is 18.2 Å². The lowest BCUT2D eigenvalue weighted by Gasteiger charge is -1.94. The molecule has 1 aromatic rings. The fraction of sp³-hybridized carbons (Fsp3) is 0. The van der Waals surface area contributed by atoms with Crippen molar-refractivity contribution in [1.29, 1.82) is 0 Å². The zero-order valence-electron chi connectivity index (χ0n) is 6.74. The van der Waals surface area contributed by atoms with Gasteiger partial charge >= 0.3 is 0 Å². The van der Waals surface area contributed by atoms with Crippen LogP contribution >= 0.6 is 15.9 Å². The van der Waals surface area contributed by atoms with Crippen molar-refractivity contribution in [2.75, 3.05) is 0 Å². The maximum Gasteiger partial charge on any atom is 0.185 e. The van der Waals surface area contributed by atoms with Crippen molar-refractivity contribution < 1.29 is 9.59 Å². The summed E-state index contributed by atoms with van der Waals surface area (Å²) in [6.07, 6.45) is 3.01. The van der Waals surface area contributed by atoms with Crippen LogP contribution in [0.2, 0.25) is 0 Å². The van der Waals surface area contributed by atoms with Crippen LogP contribution in [0.25, 0.3) is 0 Å². The number of carbonyl (C=O) groups is 2. The molecule has 0 aliphatic heterocycles. The minimum Gasteiger partial charge on any atom is -0.299 e. The molecule has 0 N–H and O–H groups in total. The van der Waals surface area contributed by atoms with Crippen molar-refractivity contribution in [3.63, 3.8) is 0 Å². The van der Waals surface area contributed by atoms with Gasteiger partial charge < -0.3 is 0 Å². The number of ketones is 1. The number of hydrogen-bond acceptors (Lipinski definition) is 2. The summed E-state index contributed by atoms with van der Waals surface area (Å²) in [5.74, 6) is -0.173. The Labute approximate surface area is 84.4 Å². The van der Waals surface area contributed by atoms with Crippen LogP contribution in [-0.2, 0) is 4.79 Å². The second-order valence-corrected chi connectivity index (χ2v) is 3.29. The van der Waals surface area contributed by atoms with E-state index in [4.69, 9.17) is 0 Å². The molecule has 66 valence electrons. The van der Waals surface area contributed by atoms with E-state index in [0.717, 1.165) is 4.47 Å². The Hall–Kier alpha value is -1.22. The van der Waals surface area contributed by atoms with Gasteiger partial charge in [-0.1, -0.05) is 28.1 Å². The van der Waals surface area contributed by atoms with E-state index in [1.807, 2.05) is 6.07 Å². The smallest absolute Gasteiger partial charge is 0.185 e. The monoisotopic (exact) mass is 238 g/mol. The molecule has 1 rings (SSSR count). The Morgan fingerprint density at radius 2 is 2.15 bits per heavy atom. The standard InChI is InChI=1S/C10H7BrO2/c11-9-4-1-3-8(7-9)10(13)5-2-6-12/h1-7H/b5-2+.